The monoisotopic (exact) mass is 451 g/mol. The molecule has 11 heteroatoms. The highest BCUT2D eigenvalue weighted by molar-refractivity contribution is 7.99. The fraction of sp³-hybridized carbons (Fsp3) is 0.300. The summed E-state index contributed by atoms with van der Waals surface area (Å²) in [5.41, 5.74) is -0.0712. The number of carbonyl (C=O) groups is 1. The molecule has 0 unspecified atom stereocenters. The number of hydrogen-bond acceptors (Lipinski definition) is 6. The van der Waals surface area contributed by atoms with Gasteiger partial charge in [-0.25, -0.2) is 4.98 Å². The Bertz CT molecular complexity index is 1040. The van der Waals surface area contributed by atoms with Gasteiger partial charge in [0.1, 0.15) is 16.6 Å². The summed E-state index contributed by atoms with van der Waals surface area (Å²) in [6.45, 7) is 1.94. The minimum Gasteiger partial charge on any atom is -0.497 e. The molecule has 1 N–H and O–H groups in total. The van der Waals surface area contributed by atoms with Gasteiger partial charge >= 0.3 is 6.18 Å². The van der Waals surface area contributed by atoms with E-state index < -0.39 is 11.7 Å². The molecule has 7 nitrogen and oxygen atoms in total. The van der Waals surface area contributed by atoms with Crippen molar-refractivity contribution in [2.24, 2.45) is 0 Å². The van der Waals surface area contributed by atoms with E-state index >= 15 is 0 Å². The number of amides is 1. The SMILES string of the molecule is COc1cccc(-n2c(CCCNC(C)=O)nnc2Sc2ccc(C(F)(F)F)cn2)c1. The van der Waals surface area contributed by atoms with E-state index in [0.29, 0.717) is 41.1 Å². The van der Waals surface area contributed by atoms with Gasteiger partial charge in [-0.15, -0.1) is 10.2 Å². The van der Waals surface area contributed by atoms with E-state index in [9.17, 15) is 18.0 Å². The molecule has 31 heavy (non-hydrogen) atoms. The zero-order valence-electron chi connectivity index (χ0n) is 16.8. The molecule has 0 saturated heterocycles. The van der Waals surface area contributed by atoms with Crippen molar-refractivity contribution in [2.75, 3.05) is 13.7 Å². The number of halogens is 3. The maximum atomic E-state index is 12.8. The molecule has 0 aliphatic heterocycles. The summed E-state index contributed by atoms with van der Waals surface area (Å²) in [5, 5.41) is 12.0. The van der Waals surface area contributed by atoms with Crippen LogP contribution in [-0.4, -0.2) is 39.3 Å². The Kier molecular flexibility index (Phi) is 7.16. The number of rotatable bonds is 8. The third-order valence-corrected chi connectivity index (χ3v) is 5.12. The molecule has 1 aromatic carbocycles. The number of aromatic nitrogens is 4. The first kappa shape index (κ1) is 22.6. The second-order valence-corrected chi connectivity index (χ2v) is 7.49. The summed E-state index contributed by atoms with van der Waals surface area (Å²) in [6.07, 6.45) is -2.48. The highest BCUT2D eigenvalue weighted by Gasteiger charge is 2.30. The zero-order chi connectivity index (χ0) is 22.4. The van der Waals surface area contributed by atoms with Crippen LogP contribution >= 0.6 is 11.8 Å². The molecule has 164 valence electrons. The largest absolute Gasteiger partial charge is 0.497 e. The molecule has 1 amide bonds. The van der Waals surface area contributed by atoms with E-state index in [2.05, 4.69) is 20.5 Å². The van der Waals surface area contributed by atoms with Crippen LogP contribution < -0.4 is 10.1 Å². The van der Waals surface area contributed by atoms with Crippen molar-refractivity contribution in [3.05, 3.63) is 54.0 Å². The molecule has 0 aliphatic carbocycles. The van der Waals surface area contributed by atoms with Crippen LogP contribution in [0.15, 0.2) is 52.8 Å². The summed E-state index contributed by atoms with van der Waals surface area (Å²) in [7, 11) is 1.56. The lowest BCUT2D eigenvalue weighted by atomic mass is 10.2. The minimum absolute atomic E-state index is 0.112. The van der Waals surface area contributed by atoms with Crippen LogP contribution in [0.5, 0.6) is 5.75 Å². The topological polar surface area (TPSA) is 81.9 Å². The Hall–Kier alpha value is -3.08. The fourth-order valence-electron chi connectivity index (χ4n) is 2.75. The van der Waals surface area contributed by atoms with Gasteiger partial charge in [0.25, 0.3) is 0 Å². The highest BCUT2D eigenvalue weighted by atomic mass is 32.2. The van der Waals surface area contributed by atoms with Crippen molar-refractivity contribution in [3.8, 4) is 11.4 Å². The van der Waals surface area contributed by atoms with Crippen LogP contribution in [0.3, 0.4) is 0 Å². The van der Waals surface area contributed by atoms with E-state index in [1.165, 1.54) is 13.0 Å². The average Bonchev–Trinajstić information content (AvgIpc) is 3.13. The molecule has 0 spiro atoms. The van der Waals surface area contributed by atoms with Gasteiger partial charge in [-0.05, 0) is 42.4 Å². The number of ether oxygens (including phenoxy) is 1. The lowest BCUT2D eigenvalue weighted by molar-refractivity contribution is -0.137. The lowest BCUT2D eigenvalue weighted by Crippen LogP contribution is -2.21. The average molecular weight is 451 g/mol. The predicted molar refractivity (Wildman–Crippen MR) is 108 cm³/mol. The quantitative estimate of drug-likeness (QED) is 0.523. The molecular formula is C20H20F3N5O2S. The third-order valence-electron chi connectivity index (χ3n) is 4.22. The van der Waals surface area contributed by atoms with Gasteiger partial charge in [-0.1, -0.05) is 6.07 Å². The van der Waals surface area contributed by atoms with Crippen molar-refractivity contribution in [1.82, 2.24) is 25.1 Å². The highest BCUT2D eigenvalue weighted by Crippen LogP contribution is 2.32. The summed E-state index contributed by atoms with van der Waals surface area (Å²) >= 11 is 1.11. The molecular weight excluding hydrogens is 431 g/mol. The van der Waals surface area contributed by atoms with Crippen molar-refractivity contribution in [1.29, 1.82) is 0 Å². The second-order valence-electron chi connectivity index (χ2n) is 6.51. The Morgan fingerprint density at radius 1 is 1.23 bits per heavy atom. The van der Waals surface area contributed by atoms with Crippen LogP contribution in [-0.2, 0) is 17.4 Å². The number of carbonyl (C=O) groups excluding carboxylic acids is 1. The number of methoxy groups -OCH3 is 1. The normalized spacial score (nSPS) is 11.4. The Labute approximate surface area is 181 Å². The predicted octanol–water partition coefficient (Wildman–Crippen LogP) is 3.91. The maximum Gasteiger partial charge on any atom is 0.417 e. The van der Waals surface area contributed by atoms with E-state index in [0.717, 1.165) is 29.7 Å². The third kappa shape index (κ3) is 5.97. The summed E-state index contributed by atoms with van der Waals surface area (Å²) in [6, 6.07) is 9.57. The zero-order valence-corrected chi connectivity index (χ0v) is 17.6. The summed E-state index contributed by atoms with van der Waals surface area (Å²) < 4.78 is 45.5. The van der Waals surface area contributed by atoms with E-state index in [-0.39, 0.29) is 5.91 Å². The Morgan fingerprint density at radius 2 is 2.03 bits per heavy atom. The van der Waals surface area contributed by atoms with Gasteiger partial charge in [0.2, 0.25) is 11.1 Å². The van der Waals surface area contributed by atoms with Crippen molar-refractivity contribution in [2.45, 2.75) is 36.1 Å². The smallest absolute Gasteiger partial charge is 0.417 e. The summed E-state index contributed by atoms with van der Waals surface area (Å²) in [4.78, 5) is 15.0. The van der Waals surface area contributed by atoms with Crippen LogP contribution in [0.1, 0.15) is 24.7 Å². The van der Waals surface area contributed by atoms with Gasteiger partial charge < -0.3 is 10.1 Å². The van der Waals surface area contributed by atoms with Crippen LogP contribution in [0, 0.1) is 0 Å². The van der Waals surface area contributed by atoms with Gasteiger partial charge in [0, 0.05) is 32.2 Å². The van der Waals surface area contributed by atoms with Gasteiger partial charge in [0.05, 0.1) is 18.4 Å². The number of nitrogens with zero attached hydrogens (tertiary/aromatic N) is 4. The Balaban J connectivity index is 1.89. The number of benzene rings is 1. The standard InChI is InChI=1S/C20H20F3N5O2S/c1-13(29)24-10-4-7-17-26-27-19(28(17)15-5-3-6-16(11-15)30-2)31-18-9-8-14(12-25-18)20(21,22)23/h3,5-6,8-9,11-12H,4,7,10H2,1-2H3,(H,24,29). The molecule has 0 aliphatic rings. The number of nitrogens with one attached hydrogen (secondary N) is 1. The first-order valence-corrected chi connectivity index (χ1v) is 10.1. The fourth-order valence-corrected chi connectivity index (χ4v) is 3.56. The Morgan fingerprint density at radius 3 is 2.68 bits per heavy atom. The number of aryl methyl sites for hydroxylation is 1. The van der Waals surface area contributed by atoms with E-state index in [1.54, 1.807) is 17.7 Å². The van der Waals surface area contributed by atoms with Crippen LogP contribution in [0.2, 0.25) is 0 Å². The summed E-state index contributed by atoms with van der Waals surface area (Å²) in [5.74, 6) is 1.17. The molecule has 0 saturated carbocycles. The van der Waals surface area contributed by atoms with Gasteiger partial charge in [-0.2, -0.15) is 13.2 Å². The molecule has 0 radical (unpaired) electrons. The number of alkyl halides is 3. The molecule has 0 atom stereocenters. The molecule has 3 aromatic rings. The molecule has 2 heterocycles. The first-order chi connectivity index (χ1) is 14.8. The van der Waals surface area contributed by atoms with Gasteiger partial charge in [-0.3, -0.25) is 9.36 Å². The lowest BCUT2D eigenvalue weighted by Gasteiger charge is -2.12. The van der Waals surface area contributed by atoms with Crippen molar-refractivity contribution < 1.29 is 22.7 Å². The molecule has 0 fully saturated rings. The van der Waals surface area contributed by atoms with Crippen molar-refractivity contribution >= 4 is 17.7 Å². The van der Waals surface area contributed by atoms with Gasteiger partial charge in [0.15, 0.2) is 0 Å². The first-order valence-electron chi connectivity index (χ1n) is 9.32. The van der Waals surface area contributed by atoms with Crippen molar-refractivity contribution in [3.63, 3.8) is 0 Å². The number of pyridine rings is 1. The molecule has 0 bridgehead atoms. The number of hydrogen-bond donors (Lipinski definition) is 1. The minimum atomic E-state index is -4.45. The van der Waals surface area contributed by atoms with Crippen LogP contribution in [0.25, 0.3) is 5.69 Å². The van der Waals surface area contributed by atoms with E-state index in [4.69, 9.17) is 4.74 Å². The maximum absolute atomic E-state index is 12.8. The second kappa shape index (κ2) is 9.82. The molecule has 2 aromatic heterocycles. The van der Waals surface area contributed by atoms with E-state index in [1.807, 2.05) is 18.2 Å². The van der Waals surface area contributed by atoms with Crippen LogP contribution in [0.4, 0.5) is 13.2 Å². The molecule has 3 rings (SSSR count).